The summed E-state index contributed by atoms with van der Waals surface area (Å²) in [4.78, 5) is 0. The Morgan fingerprint density at radius 2 is 2.11 bits per heavy atom. The molecular weight excluding hydrogens is 230 g/mol. The van der Waals surface area contributed by atoms with E-state index in [1.165, 1.54) is 0 Å². The van der Waals surface area contributed by atoms with Crippen LogP contribution in [-0.4, -0.2) is 40.0 Å². The molecule has 0 aliphatic carbocycles. The smallest absolute Gasteiger partial charge is 0.167 e. The van der Waals surface area contributed by atoms with E-state index >= 15 is 0 Å². The Hall–Kier alpha value is -1.01. The Kier molecular flexibility index (Phi) is 7.52. The minimum Gasteiger partial charge on any atom is -0.381 e. The van der Waals surface area contributed by atoms with Crippen molar-refractivity contribution < 1.29 is 4.74 Å². The highest BCUT2D eigenvalue weighted by molar-refractivity contribution is 4.89. The number of ether oxygens (including phenoxy) is 1. The van der Waals surface area contributed by atoms with Crippen molar-refractivity contribution in [3.8, 4) is 0 Å². The monoisotopic (exact) mass is 255 g/mol. The van der Waals surface area contributed by atoms with Crippen LogP contribution in [0.5, 0.6) is 0 Å². The largest absolute Gasteiger partial charge is 0.381 e. The number of tetrazole rings is 1. The highest BCUT2D eigenvalue weighted by Crippen LogP contribution is 2.07. The van der Waals surface area contributed by atoms with E-state index in [2.05, 4.69) is 41.6 Å². The van der Waals surface area contributed by atoms with Crippen LogP contribution in [0.15, 0.2) is 0 Å². The van der Waals surface area contributed by atoms with Crippen molar-refractivity contribution >= 4 is 0 Å². The standard InChI is InChI=1S/C12H25N5O/c1-4-7-13-11(3)12-14-15-16-17(12)8-6-10-18-9-5-2/h11,13H,4-10H2,1-3H3. The fraction of sp³-hybridized carbons (Fsp3) is 0.917. The molecule has 0 saturated carbocycles. The zero-order valence-electron chi connectivity index (χ0n) is 11.7. The molecule has 1 unspecified atom stereocenters. The van der Waals surface area contributed by atoms with E-state index in [9.17, 15) is 0 Å². The first-order valence-corrected chi connectivity index (χ1v) is 6.86. The van der Waals surface area contributed by atoms with Gasteiger partial charge in [-0.25, -0.2) is 4.68 Å². The molecular formula is C12H25N5O. The molecule has 0 bridgehead atoms. The maximum Gasteiger partial charge on any atom is 0.167 e. The molecule has 6 nitrogen and oxygen atoms in total. The van der Waals surface area contributed by atoms with Crippen molar-refractivity contribution in [2.45, 2.75) is 52.6 Å². The third kappa shape index (κ3) is 5.10. The molecule has 0 aromatic carbocycles. The van der Waals surface area contributed by atoms with E-state index < -0.39 is 0 Å². The molecule has 104 valence electrons. The van der Waals surface area contributed by atoms with Crippen molar-refractivity contribution in [3.05, 3.63) is 5.82 Å². The fourth-order valence-corrected chi connectivity index (χ4v) is 1.70. The van der Waals surface area contributed by atoms with Gasteiger partial charge in [0.05, 0.1) is 6.04 Å². The van der Waals surface area contributed by atoms with Gasteiger partial charge in [-0.1, -0.05) is 13.8 Å². The van der Waals surface area contributed by atoms with Gasteiger partial charge in [0.15, 0.2) is 5.82 Å². The van der Waals surface area contributed by atoms with Crippen LogP contribution < -0.4 is 5.32 Å². The van der Waals surface area contributed by atoms with Crippen molar-refractivity contribution in [2.75, 3.05) is 19.8 Å². The van der Waals surface area contributed by atoms with Crippen LogP contribution in [0.4, 0.5) is 0 Å². The number of nitrogens with one attached hydrogen (secondary N) is 1. The zero-order chi connectivity index (χ0) is 13.2. The van der Waals surface area contributed by atoms with Crippen molar-refractivity contribution in [1.82, 2.24) is 25.5 Å². The Morgan fingerprint density at radius 3 is 2.83 bits per heavy atom. The molecule has 1 heterocycles. The highest BCUT2D eigenvalue weighted by Gasteiger charge is 2.12. The van der Waals surface area contributed by atoms with E-state index in [0.29, 0.717) is 0 Å². The second-order valence-electron chi connectivity index (χ2n) is 4.40. The lowest BCUT2D eigenvalue weighted by Crippen LogP contribution is -2.23. The number of rotatable bonds is 10. The summed E-state index contributed by atoms with van der Waals surface area (Å²) in [6.07, 6.45) is 3.11. The third-order valence-corrected chi connectivity index (χ3v) is 2.65. The predicted molar refractivity (Wildman–Crippen MR) is 70.3 cm³/mol. The molecule has 18 heavy (non-hydrogen) atoms. The summed E-state index contributed by atoms with van der Waals surface area (Å²) in [6.45, 7) is 9.73. The number of nitrogens with zero attached hydrogens (tertiary/aromatic N) is 4. The van der Waals surface area contributed by atoms with Gasteiger partial charge in [0, 0.05) is 19.8 Å². The van der Waals surface area contributed by atoms with Crippen molar-refractivity contribution in [3.63, 3.8) is 0 Å². The summed E-state index contributed by atoms with van der Waals surface area (Å²) in [5.41, 5.74) is 0. The first-order chi connectivity index (χ1) is 8.79. The number of hydrogen-bond donors (Lipinski definition) is 1. The van der Waals surface area contributed by atoms with E-state index in [-0.39, 0.29) is 6.04 Å². The molecule has 1 rings (SSSR count). The van der Waals surface area contributed by atoms with E-state index in [0.717, 1.165) is 51.4 Å². The first kappa shape index (κ1) is 15.0. The quantitative estimate of drug-likeness (QED) is 0.643. The Balaban J connectivity index is 2.34. The molecule has 1 aromatic rings. The summed E-state index contributed by atoms with van der Waals surface area (Å²) >= 11 is 0. The molecule has 0 saturated heterocycles. The van der Waals surface area contributed by atoms with Crippen LogP contribution >= 0.6 is 0 Å². The lowest BCUT2D eigenvalue weighted by atomic mass is 10.3. The molecule has 0 aliphatic heterocycles. The van der Waals surface area contributed by atoms with Gasteiger partial charge in [0.25, 0.3) is 0 Å². The Bertz CT molecular complexity index is 315. The molecule has 0 radical (unpaired) electrons. The molecule has 6 heteroatoms. The first-order valence-electron chi connectivity index (χ1n) is 6.86. The SMILES string of the molecule is CCCNC(C)c1nnnn1CCCOCCC. The summed E-state index contributed by atoms with van der Waals surface area (Å²) in [5.74, 6) is 0.902. The second kappa shape index (κ2) is 8.99. The van der Waals surface area contributed by atoms with Crippen LogP contribution in [0.3, 0.4) is 0 Å². The van der Waals surface area contributed by atoms with Crippen LogP contribution in [0, 0.1) is 0 Å². The molecule has 0 aliphatic rings. The minimum atomic E-state index is 0.191. The zero-order valence-corrected chi connectivity index (χ0v) is 11.7. The summed E-state index contributed by atoms with van der Waals surface area (Å²) in [6, 6.07) is 0.191. The van der Waals surface area contributed by atoms with Crippen molar-refractivity contribution in [1.29, 1.82) is 0 Å². The average molecular weight is 255 g/mol. The minimum absolute atomic E-state index is 0.191. The molecule has 1 aromatic heterocycles. The number of hydrogen-bond acceptors (Lipinski definition) is 5. The second-order valence-corrected chi connectivity index (χ2v) is 4.40. The fourth-order valence-electron chi connectivity index (χ4n) is 1.70. The normalized spacial score (nSPS) is 12.8. The summed E-state index contributed by atoms with van der Waals surface area (Å²) in [7, 11) is 0. The van der Waals surface area contributed by atoms with Gasteiger partial charge in [0.1, 0.15) is 0 Å². The van der Waals surface area contributed by atoms with Gasteiger partial charge in [-0.15, -0.1) is 5.10 Å². The maximum absolute atomic E-state index is 5.45. The van der Waals surface area contributed by atoms with E-state index in [1.807, 2.05) is 4.68 Å². The average Bonchev–Trinajstić information content (AvgIpc) is 2.84. The van der Waals surface area contributed by atoms with Gasteiger partial charge >= 0.3 is 0 Å². The molecule has 0 amide bonds. The van der Waals surface area contributed by atoms with Gasteiger partial charge < -0.3 is 10.1 Å². The Morgan fingerprint density at radius 1 is 1.28 bits per heavy atom. The maximum atomic E-state index is 5.45. The van der Waals surface area contributed by atoms with Crippen molar-refractivity contribution in [2.24, 2.45) is 0 Å². The predicted octanol–water partition coefficient (Wildman–Crippen LogP) is 1.55. The highest BCUT2D eigenvalue weighted by atomic mass is 16.5. The molecule has 0 spiro atoms. The van der Waals surface area contributed by atoms with E-state index in [1.54, 1.807) is 0 Å². The van der Waals surface area contributed by atoms with Gasteiger partial charge in [0.2, 0.25) is 0 Å². The van der Waals surface area contributed by atoms with Gasteiger partial charge in [-0.05, 0) is 43.2 Å². The number of aromatic nitrogens is 4. The Labute approximate surface area is 109 Å². The summed E-state index contributed by atoms with van der Waals surface area (Å²) < 4.78 is 7.31. The lowest BCUT2D eigenvalue weighted by molar-refractivity contribution is 0.128. The molecule has 0 fully saturated rings. The van der Waals surface area contributed by atoms with Crippen LogP contribution in [0.1, 0.15) is 51.9 Å². The van der Waals surface area contributed by atoms with Gasteiger partial charge in [-0.3, -0.25) is 0 Å². The van der Waals surface area contributed by atoms with E-state index in [4.69, 9.17) is 4.74 Å². The van der Waals surface area contributed by atoms with Crippen LogP contribution in [-0.2, 0) is 11.3 Å². The number of aryl methyl sites for hydroxylation is 1. The molecule has 1 N–H and O–H groups in total. The topological polar surface area (TPSA) is 64.9 Å². The lowest BCUT2D eigenvalue weighted by Gasteiger charge is -2.12. The van der Waals surface area contributed by atoms with Crippen LogP contribution in [0.25, 0.3) is 0 Å². The van der Waals surface area contributed by atoms with Gasteiger partial charge in [-0.2, -0.15) is 0 Å². The van der Waals surface area contributed by atoms with Crippen LogP contribution in [0.2, 0.25) is 0 Å². The third-order valence-electron chi connectivity index (χ3n) is 2.65. The summed E-state index contributed by atoms with van der Waals surface area (Å²) in [5, 5.41) is 15.2. The molecule has 1 atom stereocenters.